The zero-order valence-corrected chi connectivity index (χ0v) is 16.3. The Morgan fingerprint density at radius 1 is 1.14 bits per heavy atom. The largest absolute Gasteiger partial charge is 0.439 e. The molecule has 1 spiro atoms. The van der Waals surface area contributed by atoms with E-state index in [2.05, 4.69) is 10.3 Å². The van der Waals surface area contributed by atoms with E-state index in [1.807, 2.05) is 36.4 Å². The van der Waals surface area contributed by atoms with Crippen molar-refractivity contribution in [2.75, 3.05) is 0 Å². The van der Waals surface area contributed by atoms with Crippen molar-refractivity contribution in [2.45, 2.75) is 31.3 Å². The number of oxazole rings is 1. The summed E-state index contributed by atoms with van der Waals surface area (Å²) < 4.78 is 5.79. The maximum atomic E-state index is 13.3. The van der Waals surface area contributed by atoms with Gasteiger partial charge in [0.15, 0.2) is 5.76 Å². The van der Waals surface area contributed by atoms with Crippen molar-refractivity contribution >= 4 is 23.5 Å². The molecule has 0 radical (unpaired) electrons. The van der Waals surface area contributed by atoms with E-state index in [1.54, 1.807) is 18.3 Å². The topological polar surface area (TPSA) is 75.4 Å². The molecule has 2 heterocycles. The molecule has 3 amide bonds. The summed E-state index contributed by atoms with van der Waals surface area (Å²) in [5.41, 5.74) is 1.83. The van der Waals surface area contributed by atoms with Crippen molar-refractivity contribution in [1.29, 1.82) is 0 Å². The highest BCUT2D eigenvalue weighted by atomic mass is 35.5. The Labute approximate surface area is 172 Å². The molecule has 6 nitrogen and oxygen atoms in total. The van der Waals surface area contributed by atoms with Crippen LogP contribution in [0.15, 0.2) is 59.1 Å². The molecule has 1 fully saturated rings. The van der Waals surface area contributed by atoms with Gasteiger partial charge >= 0.3 is 6.03 Å². The summed E-state index contributed by atoms with van der Waals surface area (Å²) in [6, 6.07) is 14.6. The predicted octanol–water partition coefficient (Wildman–Crippen LogP) is 4.28. The van der Waals surface area contributed by atoms with Crippen LogP contribution in [-0.4, -0.2) is 21.8 Å². The lowest BCUT2D eigenvalue weighted by molar-refractivity contribution is -0.132. The number of aryl methyl sites for hydroxylation is 1. The van der Waals surface area contributed by atoms with Crippen molar-refractivity contribution in [1.82, 2.24) is 15.2 Å². The van der Waals surface area contributed by atoms with Crippen LogP contribution < -0.4 is 5.32 Å². The van der Waals surface area contributed by atoms with Gasteiger partial charge in [-0.1, -0.05) is 35.9 Å². The third-order valence-corrected chi connectivity index (χ3v) is 5.88. The van der Waals surface area contributed by atoms with Gasteiger partial charge < -0.3 is 9.73 Å². The summed E-state index contributed by atoms with van der Waals surface area (Å²) in [6.45, 7) is -0.0117. The monoisotopic (exact) mass is 407 g/mol. The maximum Gasteiger partial charge on any atom is 0.325 e. The molecule has 0 bridgehead atoms. The minimum atomic E-state index is -0.989. The van der Waals surface area contributed by atoms with Crippen LogP contribution in [0.2, 0.25) is 5.02 Å². The van der Waals surface area contributed by atoms with Crippen molar-refractivity contribution < 1.29 is 14.0 Å². The van der Waals surface area contributed by atoms with E-state index in [0.29, 0.717) is 23.1 Å². The normalized spacial score (nSPS) is 20.8. The number of hydrogen-bond donors (Lipinski definition) is 1. The van der Waals surface area contributed by atoms with Crippen LogP contribution in [-0.2, 0) is 23.3 Å². The Hall–Kier alpha value is -3.12. The fourth-order valence-corrected chi connectivity index (χ4v) is 4.35. The summed E-state index contributed by atoms with van der Waals surface area (Å²) in [5, 5.41) is 3.57. The summed E-state index contributed by atoms with van der Waals surface area (Å²) in [6.07, 6.45) is 3.93. The van der Waals surface area contributed by atoms with Crippen LogP contribution >= 0.6 is 11.6 Å². The molecule has 7 heteroatoms. The van der Waals surface area contributed by atoms with Crippen LogP contribution in [0.25, 0.3) is 11.3 Å². The fourth-order valence-electron chi connectivity index (χ4n) is 4.22. The number of halogens is 1. The first kappa shape index (κ1) is 17.9. The standard InChI is InChI=1S/C22H18ClN3O3/c23-16-9-7-15(8-10-16)18-12-24-19(29-18)13-26-20(27)22(25-21(26)28)11-3-5-14-4-1-2-6-17(14)22/h1-2,4,6-10,12H,3,5,11,13H2,(H,25,28)/t22-/m1/s1. The highest BCUT2D eigenvalue weighted by Gasteiger charge is 2.54. The van der Waals surface area contributed by atoms with Gasteiger partial charge in [0.25, 0.3) is 5.91 Å². The van der Waals surface area contributed by atoms with Gasteiger partial charge in [0.1, 0.15) is 12.1 Å². The zero-order chi connectivity index (χ0) is 20.0. The van der Waals surface area contributed by atoms with Crippen molar-refractivity contribution in [2.24, 2.45) is 0 Å². The molecule has 0 saturated carbocycles. The van der Waals surface area contributed by atoms with E-state index in [9.17, 15) is 9.59 Å². The van der Waals surface area contributed by atoms with Crippen LogP contribution in [0.3, 0.4) is 0 Å². The summed E-state index contributed by atoms with van der Waals surface area (Å²) in [4.78, 5) is 31.5. The van der Waals surface area contributed by atoms with E-state index >= 15 is 0 Å². The van der Waals surface area contributed by atoms with Crippen LogP contribution in [0, 0.1) is 0 Å². The average molecular weight is 408 g/mol. The molecule has 0 unspecified atom stereocenters. The van der Waals surface area contributed by atoms with E-state index in [0.717, 1.165) is 29.5 Å². The Kier molecular flexibility index (Phi) is 4.17. The molecule has 1 N–H and O–H groups in total. The quantitative estimate of drug-likeness (QED) is 0.657. The Balaban J connectivity index is 1.42. The number of nitrogens with one attached hydrogen (secondary N) is 1. The van der Waals surface area contributed by atoms with E-state index in [1.165, 1.54) is 4.90 Å². The summed E-state index contributed by atoms with van der Waals surface area (Å²) in [7, 11) is 0. The SMILES string of the molecule is O=C1N[C@@]2(CCCc3ccccc32)C(=O)N1Cc1ncc(-c2ccc(Cl)cc2)o1. The molecule has 2 aliphatic rings. The number of hydrogen-bond acceptors (Lipinski definition) is 4. The van der Waals surface area contributed by atoms with Crippen molar-refractivity contribution in [3.63, 3.8) is 0 Å². The number of carbonyl (C=O) groups excluding carboxylic acids is 2. The Morgan fingerprint density at radius 2 is 1.93 bits per heavy atom. The molecule has 2 aromatic carbocycles. The molecule has 29 heavy (non-hydrogen) atoms. The van der Waals surface area contributed by atoms with Crippen molar-refractivity contribution in [3.8, 4) is 11.3 Å². The molecule has 1 aliphatic carbocycles. The molecule has 1 atom stereocenters. The van der Waals surface area contributed by atoms with Gasteiger partial charge in [-0.05, 0) is 54.7 Å². The average Bonchev–Trinajstić information content (AvgIpc) is 3.29. The third-order valence-electron chi connectivity index (χ3n) is 5.63. The lowest BCUT2D eigenvalue weighted by atomic mass is 9.76. The number of benzene rings is 2. The molecular weight excluding hydrogens is 390 g/mol. The minimum Gasteiger partial charge on any atom is -0.439 e. The molecule has 3 aromatic rings. The number of amides is 3. The smallest absolute Gasteiger partial charge is 0.325 e. The molecule has 5 rings (SSSR count). The number of urea groups is 1. The molecule has 1 saturated heterocycles. The van der Waals surface area contributed by atoms with Gasteiger partial charge in [-0.25, -0.2) is 9.78 Å². The van der Waals surface area contributed by atoms with Gasteiger partial charge in [-0.2, -0.15) is 0 Å². The van der Waals surface area contributed by atoms with E-state index < -0.39 is 11.6 Å². The van der Waals surface area contributed by atoms with E-state index in [4.69, 9.17) is 16.0 Å². The summed E-state index contributed by atoms with van der Waals surface area (Å²) >= 11 is 5.92. The molecule has 1 aromatic heterocycles. The van der Waals surface area contributed by atoms with Crippen molar-refractivity contribution in [3.05, 3.63) is 76.8 Å². The molecule has 146 valence electrons. The van der Waals surface area contributed by atoms with Gasteiger partial charge in [0, 0.05) is 10.6 Å². The van der Waals surface area contributed by atoms with Crippen LogP contribution in [0.1, 0.15) is 29.9 Å². The highest BCUT2D eigenvalue weighted by molar-refractivity contribution is 6.30. The number of carbonyl (C=O) groups is 2. The fraction of sp³-hybridized carbons (Fsp3) is 0.227. The predicted molar refractivity (Wildman–Crippen MR) is 107 cm³/mol. The second kappa shape index (κ2) is 6.74. The van der Waals surface area contributed by atoms with Gasteiger partial charge in [-0.3, -0.25) is 9.69 Å². The number of aromatic nitrogens is 1. The first-order chi connectivity index (χ1) is 14.1. The van der Waals surface area contributed by atoms with E-state index in [-0.39, 0.29) is 12.5 Å². The van der Waals surface area contributed by atoms with Gasteiger partial charge in [-0.15, -0.1) is 0 Å². The number of rotatable bonds is 3. The maximum absolute atomic E-state index is 13.3. The second-order valence-corrected chi connectivity index (χ2v) is 7.80. The summed E-state index contributed by atoms with van der Waals surface area (Å²) in [5.74, 6) is 0.613. The number of nitrogens with zero attached hydrogens (tertiary/aromatic N) is 2. The lowest BCUT2D eigenvalue weighted by Crippen LogP contribution is -2.46. The lowest BCUT2D eigenvalue weighted by Gasteiger charge is -2.33. The zero-order valence-electron chi connectivity index (χ0n) is 15.5. The first-order valence-corrected chi connectivity index (χ1v) is 9.88. The van der Waals surface area contributed by atoms with Gasteiger partial charge in [0.2, 0.25) is 5.89 Å². The number of imide groups is 1. The van der Waals surface area contributed by atoms with Crippen LogP contribution in [0.4, 0.5) is 4.79 Å². The number of fused-ring (bicyclic) bond motifs is 2. The second-order valence-electron chi connectivity index (χ2n) is 7.36. The first-order valence-electron chi connectivity index (χ1n) is 9.50. The minimum absolute atomic E-state index is 0.0117. The highest BCUT2D eigenvalue weighted by Crippen LogP contribution is 2.40. The molecule has 1 aliphatic heterocycles. The molecular formula is C22H18ClN3O3. The Bertz CT molecular complexity index is 1110. The van der Waals surface area contributed by atoms with Crippen LogP contribution in [0.5, 0.6) is 0 Å². The Morgan fingerprint density at radius 3 is 2.76 bits per heavy atom. The van der Waals surface area contributed by atoms with Gasteiger partial charge in [0.05, 0.1) is 6.20 Å². The third kappa shape index (κ3) is 2.91.